The largest absolute Gasteiger partial charge is 0.507 e. The van der Waals surface area contributed by atoms with Gasteiger partial charge in [-0.15, -0.1) is 0 Å². The average Bonchev–Trinajstić information content (AvgIpc) is 2.84. The Morgan fingerprint density at radius 3 is 1.55 bits per heavy atom. The van der Waals surface area contributed by atoms with E-state index < -0.39 is 0 Å². The van der Waals surface area contributed by atoms with Crippen molar-refractivity contribution in [2.75, 3.05) is 17.3 Å². The number of rotatable bonds is 5. The zero-order chi connectivity index (χ0) is 25.3. The number of hydrogen-bond donors (Lipinski definition) is 2. The maximum Gasteiger partial charge on any atom is 0.121 e. The molecule has 0 radical (unpaired) electrons. The number of phenolic OH excluding ortho intramolecular Hbond substituents is 1. The molecule has 0 aliphatic rings. The van der Waals surface area contributed by atoms with Gasteiger partial charge in [-0.05, 0) is 106 Å². The number of aromatic hydroxyl groups is 1. The summed E-state index contributed by atoms with van der Waals surface area (Å²) < 4.78 is 0. The van der Waals surface area contributed by atoms with Crippen LogP contribution in [0.1, 0.15) is 69.4 Å². The fraction of sp³-hybridized carbons (Fsp3) is 0.400. The van der Waals surface area contributed by atoms with E-state index in [0.717, 1.165) is 39.3 Å². The summed E-state index contributed by atoms with van der Waals surface area (Å²) in [4.78, 5) is 2.31. The second-order valence-corrected chi connectivity index (χ2v) is 8.38. The summed E-state index contributed by atoms with van der Waals surface area (Å²) >= 11 is 0. The van der Waals surface area contributed by atoms with Gasteiger partial charge in [-0.25, -0.2) is 0 Å². The van der Waals surface area contributed by atoms with Crippen molar-refractivity contribution in [3.8, 4) is 5.75 Å². The average molecular weight is 449 g/mol. The molecule has 3 nitrogen and oxygen atoms in total. The molecular weight excluding hydrogens is 404 g/mol. The van der Waals surface area contributed by atoms with Gasteiger partial charge in [-0.3, -0.25) is 0 Å². The number of nitrogens with one attached hydrogen (secondary N) is 1. The van der Waals surface area contributed by atoms with Crippen molar-refractivity contribution in [3.05, 3.63) is 82.4 Å². The smallest absolute Gasteiger partial charge is 0.121 e. The van der Waals surface area contributed by atoms with Crippen molar-refractivity contribution in [1.29, 1.82) is 0 Å². The molecule has 0 atom stereocenters. The van der Waals surface area contributed by atoms with Gasteiger partial charge in [0.05, 0.1) is 5.54 Å². The highest BCUT2D eigenvalue weighted by molar-refractivity contribution is 5.64. The van der Waals surface area contributed by atoms with Gasteiger partial charge >= 0.3 is 0 Å². The molecule has 0 unspecified atom stereocenters. The van der Waals surface area contributed by atoms with Gasteiger partial charge < -0.3 is 15.3 Å². The van der Waals surface area contributed by atoms with Crippen LogP contribution in [-0.4, -0.2) is 12.2 Å². The van der Waals surface area contributed by atoms with E-state index in [-0.39, 0.29) is 5.54 Å². The number of anilines is 3. The van der Waals surface area contributed by atoms with Crippen LogP contribution >= 0.6 is 0 Å². The number of hydrogen-bond acceptors (Lipinski definition) is 3. The van der Waals surface area contributed by atoms with Gasteiger partial charge in [0.25, 0.3) is 0 Å². The van der Waals surface area contributed by atoms with Crippen molar-refractivity contribution in [2.24, 2.45) is 0 Å². The monoisotopic (exact) mass is 448 g/mol. The Morgan fingerprint density at radius 2 is 1.09 bits per heavy atom. The lowest BCUT2D eigenvalue weighted by molar-refractivity contribution is 0.460. The first kappa shape index (κ1) is 28.1. The molecule has 33 heavy (non-hydrogen) atoms. The molecule has 0 saturated heterocycles. The highest BCUT2D eigenvalue weighted by Crippen LogP contribution is 2.41. The Labute approximate surface area is 202 Å². The molecule has 0 bridgehead atoms. The minimum Gasteiger partial charge on any atom is -0.507 e. The third kappa shape index (κ3) is 6.10. The first-order valence-corrected chi connectivity index (χ1v) is 12.1. The molecule has 3 heteroatoms. The number of nitrogens with zero attached hydrogens (tertiary/aromatic N) is 1. The highest BCUT2D eigenvalue weighted by atomic mass is 16.3. The molecule has 0 fully saturated rings. The van der Waals surface area contributed by atoms with Gasteiger partial charge in [0.15, 0.2) is 0 Å². The number of para-hydroxylation sites is 1. The van der Waals surface area contributed by atoms with Crippen molar-refractivity contribution in [2.45, 2.75) is 74.8 Å². The molecule has 180 valence electrons. The lowest BCUT2D eigenvalue weighted by Crippen LogP contribution is -2.40. The molecule has 0 spiro atoms. The summed E-state index contributed by atoms with van der Waals surface area (Å²) in [6, 6.07) is 18.7. The Morgan fingerprint density at radius 1 is 0.667 bits per heavy atom. The predicted octanol–water partition coefficient (Wildman–Crippen LogP) is 8.79. The standard InChI is InChI=1S/C26H32N2O.2C2H6/c1-17-19(3)25(29)20(4)18(2)24(17)26(5,6)28(7)23-15-13-22(14-16-23)27-21-11-9-8-10-12-21;2*1-2/h8-16,27,29H,1-7H3;2*1-2H3. The molecule has 0 aliphatic carbocycles. The lowest BCUT2D eigenvalue weighted by atomic mass is 9.81. The van der Waals surface area contributed by atoms with Crippen LogP contribution in [0.2, 0.25) is 0 Å². The van der Waals surface area contributed by atoms with Crippen LogP contribution in [-0.2, 0) is 5.54 Å². The van der Waals surface area contributed by atoms with E-state index in [1.54, 1.807) is 0 Å². The fourth-order valence-corrected chi connectivity index (χ4v) is 4.16. The van der Waals surface area contributed by atoms with Crippen LogP contribution < -0.4 is 10.2 Å². The zero-order valence-electron chi connectivity index (χ0n) is 22.6. The van der Waals surface area contributed by atoms with Crippen LogP contribution in [0.5, 0.6) is 5.75 Å². The Balaban J connectivity index is 0.00000129. The van der Waals surface area contributed by atoms with Crippen LogP contribution in [0.25, 0.3) is 0 Å². The molecule has 0 heterocycles. The van der Waals surface area contributed by atoms with Crippen molar-refractivity contribution in [1.82, 2.24) is 0 Å². The summed E-state index contributed by atoms with van der Waals surface area (Å²) in [5, 5.41) is 13.9. The summed E-state index contributed by atoms with van der Waals surface area (Å²) in [6.07, 6.45) is 0. The summed E-state index contributed by atoms with van der Waals surface area (Å²) in [5.74, 6) is 0.415. The van der Waals surface area contributed by atoms with Crippen LogP contribution in [0.3, 0.4) is 0 Å². The molecule has 0 aliphatic heterocycles. The van der Waals surface area contributed by atoms with Gasteiger partial charge in [-0.2, -0.15) is 0 Å². The second kappa shape index (κ2) is 12.3. The minimum absolute atomic E-state index is 0.230. The maximum absolute atomic E-state index is 10.4. The molecule has 0 saturated carbocycles. The molecule has 2 N–H and O–H groups in total. The Bertz CT molecular complexity index is 977. The van der Waals surface area contributed by atoms with E-state index in [9.17, 15) is 5.11 Å². The van der Waals surface area contributed by atoms with Crippen molar-refractivity contribution >= 4 is 17.1 Å². The quantitative estimate of drug-likeness (QED) is 0.409. The Kier molecular flexibility index (Phi) is 10.5. The minimum atomic E-state index is -0.230. The fourth-order valence-electron chi connectivity index (χ4n) is 4.16. The molecule has 0 aromatic heterocycles. The van der Waals surface area contributed by atoms with Gasteiger partial charge in [0.2, 0.25) is 0 Å². The maximum atomic E-state index is 10.4. The second-order valence-electron chi connectivity index (χ2n) is 8.38. The predicted molar refractivity (Wildman–Crippen MR) is 147 cm³/mol. The van der Waals surface area contributed by atoms with E-state index in [2.05, 4.69) is 81.4 Å². The molecule has 0 amide bonds. The van der Waals surface area contributed by atoms with E-state index in [0.29, 0.717) is 5.75 Å². The first-order valence-electron chi connectivity index (χ1n) is 12.1. The SMILES string of the molecule is CC.CC.Cc1c(C)c(C(C)(C)N(C)c2ccc(Nc3ccccc3)cc2)c(C)c(C)c1O. The van der Waals surface area contributed by atoms with Crippen molar-refractivity contribution in [3.63, 3.8) is 0 Å². The van der Waals surface area contributed by atoms with Crippen LogP contribution in [0.15, 0.2) is 54.6 Å². The third-order valence-electron chi connectivity index (χ3n) is 6.35. The summed E-state index contributed by atoms with van der Waals surface area (Å²) in [7, 11) is 2.13. The zero-order valence-corrected chi connectivity index (χ0v) is 22.6. The first-order chi connectivity index (χ1) is 15.6. The molecular formula is C30H44N2O. The molecule has 3 rings (SSSR count). The topological polar surface area (TPSA) is 35.5 Å². The number of benzene rings is 3. The normalized spacial score (nSPS) is 10.4. The van der Waals surface area contributed by atoms with E-state index in [1.165, 1.54) is 5.56 Å². The van der Waals surface area contributed by atoms with Crippen molar-refractivity contribution < 1.29 is 5.11 Å². The van der Waals surface area contributed by atoms with Gasteiger partial charge in [0.1, 0.15) is 5.75 Å². The highest BCUT2D eigenvalue weighted by Gasteiger charge is 2.31. The summed E-state index contributed by atoms with van der Waals surface area (Å²) in [6.45, 7) is 20.7. The number of phenols is 1. The van der Waals surface area contributed by atoms with Crippen LogP contribution in [0.4, 0.5) is 17.1 Å². The third-order valence-corrected chi connectivity index (χ3v) is 6.35. The van der Waals surface area contributed by atoms with E-state index in [1.807, 2.05) is 59.7 Å². The Hall–Kier alpha value is -2.94. The van der Waals surface area contributed by atoms with E-state index >= 15 is 0 Å². The molecule has 3 aromatic carbocycles. The molecule has 3 aromatic rings. The van der Waals surface area contributed by atoms with Gasteiger partial charge in [0, 0.05) is 24.1 Å². The lowest BCUT2D eigenvalue weighted by Gasteiger charge is -2.41. The van der Waals surface area contributed by atoms with Crippen LogP contribution in [0, 0.1) is 27.7 Å². The van der Waals surface area contributed by atoms with E-state index in [4.69, 9.17) is 0 Å². The van der Waals surface area contributed by atoms with Gasteiger partial charge in [-0.1, -0.05) is 45.9 Å². The summed E-state index contributed by atoms with van der Waals surface area (Å²) in [5.41, 5.74) is 8.58.